The summed E-state index contributed by atoms with van der Waals surface area (Å²) in [5, 5.41) is 3.33. The van der Waals surface area contributed by atoms with Gasteiger partial charge in [-0.3, -0.25) is 0 Å². The van der Waals surface area contributed by atoms with E-state index in [0.29, 0.717) is 12.0 Å². The molecule has 0 bridgehead atoms. The third kappa shape index (κ3) is 5.05. The van der Waals surface area contributed by atoms with Crippen LogP contribution in [0.5, 0.6) is 0 Å². The lowest BCUT2D eigenvalue weighted by atomic mass is 10.0. The SMILES string of the molecule is CC(NS(=O)(=O)CCC1CCCCN1)c1ccccc1F. The maximum absolute atomic E-state index is 13.6. The van der Waals surface area contributed by atoms with E-state index in [1.54, 1.807) is 25.1 Å². The number of piperidine rings is 1. The van der Waals surface area contributed by atoms with Gasteiger partial charge in [-0.2, -0.15) is 0 Å². The fraction of sp³-hybridized carbons (Fsp3) is 0.600. The average molecular weight is 314 g/mol. The van der Waals surface area contributed by atoms with Crippen LogP contribution < -0.4 is 10.0 Å². The van der Waals surface area contributed by atoms with Gasteiger partial charge in [0.2, 0.25) is 10.0 Å². The van der Waals surface area contributed by atoms with Crippen molar-refractivity contribution in [1.82, 2.24) is 10.0 Å². The molecule has 0 amide bonds. The zero-order chi connectivity index (χ0) is 15.3. The Bertz CT molecular complexity index is 557. The molecule has 0 radical (unpaired) electrons. The van der Waals surface area contributed by atoms with Crippen LogP contribution in [0.4, 0.5) is 4.39 Å². The molecule has 0 spiro atoms. The van der Waals surface area contributed by atoms with E-state index in [0.717, 1.165) is 25.8 Å². The molecule has 1 heterocycles. The van der Waals surface area contributed by atoms with Crippen LogP contribution in [0.2, 0.25) is 0 Å². The fourth-order valence-corrected chi connectivity index (χ4v) is 4.06. The maximum atomic E-state index is 13.6. The smallest absolute Gasteiger partial charge is 0.212 e. The fourth-order valence-electron chi connectivity index (χ4n) is 2.69. The van der Waals surface area contributed by atoms with Crippen molar-refractivity contribution in [3.63, 3.8) is 0 Å². The Hall–Kier alpha value is -0.980. The van der Waals surface area contributed by atoms with Gasteiger partial charge in [0.15, 0.2) is 0 Å². The number of benzene rings is 1. The Morgan fingerprint density at radius 3 is 2.81 bits per heavy atom. The van der Waals surface area contributed by atoms with E-state index in [1.165, 1.54) is 6.07 Å². The van der Waals surface area contributed by atoms with Gasteiger partial charge in [0.05, 0.1) is 5.75 Å². The van der Waals surface area contributed by atoms with E-state index in [4.69, 9.17) is 0 Å². The van der Waals surface area contributed by atoms with Crippen molar-refractivity contribution in [2.75, 3.05) is 12.3 Å². The van der Waals surface area contributed by atoms with E-state index in [2.05, 4.69) is 10.0 Å². The average Bonchev–Trinajstić information content (AvgIpc) is 2.46. The molecule has 4 nitrogen and oxygen atoms in total. The minimum absolute atomic E-state index is 0.0729. The molecular weight excluding hydrogens is 291 g/mol. The summed E-state index contributed by atoms with van der Waals surface area (Å²) in [4.78, 5) is 0. The first-order valence-electron chi connectivity index (χ1n) is 7.46. The van der Waals surface area contributed by atoms with Gasteiger partial charge < -0.3 is 5.32 Å². The van der Waals surface area contributed by atoms with Crippen LogP contribution in [0.15, 0.2) is 24.3 Å². The summed E-state index contributed by atoms with van der Waals surface area (Å²) in [6.45, 7) is 2.62. The van der Waals surface area contributed by atoms with Crippen LogP contribution >= 0.6 is 0 Å². The van der Waals surface area contributed by atoms with E-state index in [-0.39, 0.29) is 17.6 Å². The highest BCUT2D eigenvalue weighted by molar-refractivity contribution is 7.89. The monoisotopic (exact) mass is 314 g/mol. The highest BCUT2D eigenvalue weighted by Crippen LogP contribution is 2.17. The van der Waals surface area contributed by atoms with Crippen LogP contribution in [0.1, 0.15) is 44.2 Å². The normalized spacial score (nSPS) is 21.1. The molecule has 118 valence electrons. The van der Waals surface area contributed by atoms with E-state index >= 15 is 0 Å². The van der Waals surface area contributed by atoms with Crippen molar-refractivity contribution >= 4 is 10.0 Å². The number of rotatable bonds is 6. The molecule has 21 heavy (non-hydrogen) atoms. The second kappa shape index (κ2) is 7.33. The van der Waals surface area contributed by atoms with E-state index in [1.807, 2.05) is 0 Å². The minimum Gasteiger partial charge on any atom is -0.314 e. The zero-order valence-electron chi connectivity index (χ0n) is 12.3. The van der Waals surface area contributed by atoms with Gasteiger partial charge in [-0.1, -0.05) is 24.6 Å². The number of hydrogen-bond acceptors (Lipinski definition) is 3. The number of halogens is 1. The molecule has 1 aromatic carbocycles. The highest BCUT2D eigenvalue weighted by atomic mass is 32.2. The standard InChI is InChI=1S/C15H23FN2O2S/c1-12(14-7-2-3-8-15(14)16)18-21(19,20)11-9-13-6-4-5-10-17-13/h2-3,7-8,12-13,17-18H,4-6,9-11H2,1H3. The van der Waals surface area contributed by atoms with Crippen LogP contribution in [-0.4, -0.2) is 26.8 Å². The van der Waals surface area contributed by atoms with Crippen LogP contribution in [0.25, 0.3) is 0 Å². The summed E-state index contributed by atoms with van der Waals surface area (Å²) in [7, 11) is -3.40. The lowest BCUT2D eigenvalue weighted by molar-refractivity contribution is 0.392. The number of hydrogen-bond donors (Lipinski definition) is 2. The van der Waals surface area contributed by atoms with E-state index < -0.39 is 16.1 Å². The van der Waals surface area contributed by atoms with Gasteiger partial charge in [0, 0.05) is 17.6 Å². The van der Waals surface area contributed by atoms with Crippen molar-refractivity contribution in [2.24, 2.45) is 0 Å². The molecule has 2 N–H and O–H groups in total. The third-order valence-electron chi connectivity index (χ3n) is 3.88. The summed E-state index contributed by atoms with van der Waals surface area (Å²) < 4.78 is 40.4. The van der Waals surface area contributed by atoms with Crippen molar-refractivity contribution in [3.05, 3.63) is 35.6 Å². The second-order valence-corrected chi connectivity index (χ2v) is 7.49. The Labute approximate surface area is 126 Å². The summed E-state index contributed by atoms with van der Waals surface area (Å²) in [6.07, 6.45) is 3.93. The molecule has 1 aliphatic heterocycles. The molecule has 0 saturated carbocycles. The largest absolute Gasteiger partial charge is 0.314 e. The van der Waals surface area contributed by atoms with Gasteiger partial charge in [-0.05, 0) is 38.8 Å². The third-order valence-corrected chi connectivity index (χ3v) is 5.36. The topological polar surface area (TPSA) is 58.2 Å². The quantitative estimate of drug-likeness (QED) is 0.847. The maximum Gasteiger partial charge on any atom is 0.212 e. The lowest BCUT2D eigenvalue weighted by Gasteiger charge is -2.23. The van der Waals surface area contributed by atoms with Crippen molar-refractivity contribution < 1.29 is 12.8 Å². The molecule has 1 aromatic rings. The number of sulfonamides is 1. The van der Waals surface area contributed by atoms with Crippen molar-refractivity contribution in [2.45, 2.75) is 44.7 Å². The molecule has 2 unspecified atom stereocenters. The van der Waals surface area contributed by atoms with Crippen LogP contribution in [0, 0.1) is 5.82 Å². The first kappa shape index (κ1) is 16.4. The molecule has 0 aromatic heterocycles. The Balaban J connectivity index is 1.89. The summed E-state index contributed by atoms with van der Waals surface area (Å²) in [5.41, 5.74) is 0.372. The van der Waals surface area contributed by atoms with Gasteiger partial charge in [0.25, 0.3) is 0 Å². The zero-order valence-corrected chi connectivity index (χ0v) is 13.1. The molecule has 0 aliphatic carbocycles. The predicted octanol–water partition coefficient (Wildman–Crippen LogP) is 2.34. The molecule has 1 saturated heterocycles. The highest BCUT2D eigenvalue weighted by Gasteiger charge is 2.20. The minimum atomic E-state index is -3.40. The van der Waals surface area contributed by atoms with Gasteiger partial charge in [-0.25, -0.2) is 17.5 Å². The Morgan fingerprint density at radius 1 is 1.38 bits per heavy atom. The molecule has 1 aliphatic rings. The van der Waals surface area contributed by atoms with Crippen LogP contribution in [-0.2, 0) is 10.0 Å². The van der Waals surface area contributed by atoms with E-state index in [9.17, 15) is 12.8 Å². The predicted molar refractivity (Wildman–Crippen MR) is 82.0 cm³/mol. The first-order valence-corrected chi connectivity index (χ1v) is 9.11. The molecule has 6 heteroatoms. The van der Waals surface area contributed by atoms with Gasteiger partial charge in [0.1, 0.15) is 5.82 Å². The second-order valence-electron chi connectivity index (χ2n) is 5.62. The first-order chi connectivity index (χ1) is 9.98. The Morgan fingerprint density at radius 2 is 2.14 bits per heavy atom. The molecular formula is C15H23FN2O2S. The number of nitrogens with one attached hydrogen (secondary N) is 2. The van der Waals surface area contributed by atoms with Crippen molar-refractivity contribution in [3.8, 4) is 0 Å². The van der Waals surface area contributed by atoms with Crippen LogP contribution in [0.3, 0.4) is 0 Å². The van der Waals surface area contributed by atoms with Gasteiger partial charge in [-0.15, -0.1) is 0 Å². The molecule has 2 atom stereocenters. The molecule has 2 rings (SSSR count). The van der Waals surface area contributed by atoms with Gasteiger partial charge >= 0.3 is 0 Å². The van der Waals surface area contributed by atoms with Crippen molar-refractivity contribution in [1.29, 1.82) is 0 Å². The molecule has 1 fully saturated rings. The summed E-state index contributed by atoms with van der Waals surface area (Å²) >= 11 is 0. The Kier molecular flexibility index (Phi) is 5.72. The lowest BCUT2D eigenvalue weighted by Crippen LogP contribution is -2.37. The summed E-state index contributed by atoms with van der Waals surface area (Å²) in [6, 6.07) is 5.95. The summed E-state index contributed by atoms with van der Waals surface area (Å²) in [5.74, 6) is -0.314.